The van der Waals surface area contributed by atoms with Crippen molar-refractivity contribution in [3.63, 3.8) is 0 Å². The van der Waals surface area contributed by atoms with Crippen LogP contribution in [0.2, 0.25) is 0 Å². The highest BCUT2D eigenvalue weighted by atomic mass is 79.9. The van der Waals surface area contributed by atoms with Crippen molar-refractivity contribution in [2.75, 3.05) is 0 Å². The molecule has 1 saturated heterocycles. The van der Waals surface area contributed by atoms with Gasteiger partial charge in [0.1, 0.15) is 10.8 Å². The van der Waals surface area contributed by atoms with Gasteiger partial charge in [-0.15, -0.1) is 0 Å². The average Bonchev–Trinajstić information content (AvgIpc) is 3.18. The highest BCUT2D eigenvalue weighted by Crippen LogP contribution is 2.85. The van der Waals surface area contributed by atoms with Crippen molar-refractivity contribution >= 4 is 43.8 Å². The first-order valence-corrected chi connectivity index (χ1v) is 14.1. The molecule has 1 fully saturated rings. The summed E-state index contributed by atoms with van der Waals surface area (Å²) in [5.41, 5.74) is 6.88. The molecular weight excluding hydrogens is 592 g/mol. The molecule has 4 atom stereocenters. The second-order valence-electron chi connectivity index (χ2n) is 10.9. The van der Waals surface area contributed by atoms with Gasteiger partial charge in [-0.2, -0.15) is 0 Å². The van der Waals surface area contributed by atoms with Gasteiger partial charge in [-0.1, -0.05) is 105 Å². The van der Waals surface area contributed by atoms with Gasteiger partial charge >= 0.3 is 11.9 Å². The third-order valence-corrected chi connectivity index (χ3v) is 11.4. The van der Waals surface area contributed by atoms with E-state index >= 15 is 0 Å². The van der Waals surface area contributed by atoms with Crippen LogP contribution in [0.5, 0.6) is 0 Å². The molecule has 1 aliphatic heterocycles. The number of hydrogen-bond donors (Lipinski definition) is 0. The predicted molar refractivity (Wildman–Crippen MR) is 145 cm³/mol. The summed E-state index contributed by atoms with van der Waals surface area (Å²) < 4.78 is 7.83. The summed E-state index contributed by atoms with van der Waals surface area (Å²) in [5.74, 6) is -1.99. The van der Waals surface area contributed by atoms with E-state index in [0.29, 0.717) is 0 Å². The summed E-state index contributed by atoms with van der Waals surface area (Å²) in [4.78, 5) is 29.0. The Labute approximate surface area is 230 Å². The van der Waals surface area contributed by atoms with Crippen molar-refractivity contribution in [2.24, 2.45) is 10.8 Å². The van der Waals surface area contributed by atoms with Gasteiger partial charge in [-0.3, -0.25) is 9.59 Å². The maximum atomic E-state index is 14.5. The van der Waals surface area contributed by atoms with Crippen LogP contribution in [-0.4, -0.2) is 11.9 Å². The Bertz CT molecular complexity index is 1600. The molecule has 1 heterocycles. The molecule has 37 heavy (non-hydrogen) atoms. The van der Waals surface area contributed by atoms with Gasteiger partial charge in [0.05, 0.1) is 0 Å². The van der Waals surface area contributed by atoms with E-state index < -0.39 is 10.8 Å². The fraction of sp³-hybridized carbons (Fsp3) is 0.188. The van der Waals surface area contributed by atoms with Crippen molar-refractivity contribution < 1.29 is 14.3 Å². The molecule has 4 aromatic rings. The molecule has 4 bridgehead atoms. The van der Waals surface area contributed by atoms with Gasteiger partial charge in [-0.05, 0) is 56.6 Å². The zero-order chi connectivity index (χ0) is 24.8. The van der Waals surface area contributed by atoms with E-state index in [-0.39, 0.29) is 35.6 Å². The van der Waals surface area contributed by atoms with E-state index in [1.54, 1.807) is 0 Å². The minimum atomic E-state index is -1.08. The van der Waals surface area contributed by atoms with Crippen LogP contribution in [0.15, 0.2) is 93.9 Å². The molecule has 178 valence electrons. The zero-order valence-electron chi connectivity index (χ0n) is 19.4. The first kappa shape index (κ1) is 21.0. The lowest BCUT2D eigenvalue weighted by atomic mass is 9.29. The quantitative estimate of drug-likeness (QED) is 0.157. The van der Waals surface area contributed by atoms with E-state index in [4.69, 9.17) is 4.74 Å². The van der Waals surface area contributed by atoms with Crippen LogP contribution in [0.25, 0.3) is 0 Å². The van der Waals surface area contributed by atoms with Crippen molar-refractivity contribution in [1.82, 2.24) is 0 Å². The van der Waals surface area contributed by atoms with Gasteiger partial charge in [0, 0.05) is 32.6 Å². The standard InChI is InChI=1S/C32H18Br2O3/c33-21-13-14-22(34)24-23(21)27-19-11-5-6-12-20(19)28(24)32-26-16-8-2-1-7-15(16)25(17-9-3-4-10-18(17)26)31(27,32)29(35)37-30(32)36/h1-14,25-28H/t25?,26?,27-,28+,31-,32+. The molecule has 0 spiro atoms. The molecule has 0 aromatic heterocycles. The molecule has 0 N–H and O–H groups in total. The molecule has 3 nitrogen and oxygen atoms in total. The number of benzene rings is 4. The van der Waals surface area contributed by atoms with Crippen LogP contribution in [-0.2, 0) is 14.3 Å². The number of halogens is 2. The molecule has 0 saturated carbocycles. The Morgan fingerprint density at radius 1 is 0.486 bits per heavy atom. The predicted octanol–water partition coefficient (Wildman–Crippen LogP) is 7.15. The normalized spacial score (nSPS) is 32.6. The van der Waals surface area contributed by atoms with Crippen molar-refractivity contribution in [2.45, 2.75) is 23.7 Å². The second kappa shape index (κ2) is 6.51. The summed E-state index contributed by atoms with van der Waals surface area (Å²) in [6.07, 6.45) is 0. The number of rotatable bonds is 0. The maximum Gasteiger partial charge on any atom is 0.322 e. The number of cyclic esters (lactones) is 2. The molecule has 7 aliphatic rings. The lowest BCUT2D eigenvalue weighted by Crippen LogP contribution is -2.68. The third-order valence-electron chi connectivity index (χ3n) is 9.98. The van der Waals surface area contributed by atoms with Crippen LogP contribution < -0.4 is 0 Å². The fourth-order valence-corrected chi connectivity index (χ4v) is 10.4. The largest absolute Gasteiger partial charge is 0.392 e. The van der Waals surface area contributed by atoms with Crippen molar-refractivity contribution in [3.8, 4) is 0 Å². The Morgan fingerprint density at radius 3 is 1.11 bits per heavy atom. The summed E-state index contributed by atoms with van der Waals surface area (Å²) in [5, 5.41) is 0. The summed E-state index contributed by atoms with van der Waals surface area (Å²) in [6.45, 7) is 0. The van der Waals surface area contributed by atoms with E-state index in [9.17, 15) is 9.59 Å². The first-order valence-electron chi connectivity index (χ1n) is 12.6. The number of carbonyl (C=O) groups excluding carboxylic acids is 2. The molecule has 11 rings (SSSR count). The average molecular weight is 610 g/mol. The van der Waals surface area contributed by atoms with Crippen LogP contribution in [0.1, 0.15) is 68.2 Å². The molecule has 0 radical (unpaired) electrons. The van der Waals surface area contributed by atoms with Gasteiger partial charge in [-0.25, -0.2) is 0 Å². The summed E-state index contributed by atoms with van der Waals surface area (Å²) >= 11 is 7.74. The molecule has 5 heteroatoms. The van der Waals surface area contributed by atoms with Crippen LogP contribution in [0.3, 0.4) is 0 Å². The minimum Gasteiger partial charge on any atom is -0.392 e. The molecule has 0 amide bonds. The van der Waals surface area contributed by atoms with Crippen LogP contribution in [0, 0.1) is 10.8 Å². The minimum absolute atomic E-state index is 0.288. The molecular formula is C32H18Br2O3. The Kier molecular flexibility index (Phi) is 3.69. The number of ether oxygens (including phenoxy) is 1. The third kappa shape index (κ3) is 1.93. The summed E-state index contributed by atoms with van der Waals surface area (Å²) in [6, 6.07) is 29.3. The molecule has 6 aliphatic carbocycles. The lowest BCUT2D eigenvalue weighted by Gasteiger charge is -2.68. The monoisotopic (exact) mass is 608 g/mol. The number of hydrogen-bond acceptors (Lipinski definition) is 3. The van der Waals surface area contributed by atoms with E-state index in [1.165, 1.54) is 0 Å². The van der Waals surface area contributed by atoms with Crippen molar-refractivity contribution in [1.29, 1.82) is 0 Å². The highest BCUT2D eigenvalue weighted by molar-refractivity contribution is 9.11. The van der Waals surface area contributed by atoms with Crippen LogP contribution >= 0.6 is 31.9 Å². The van der Waals surface area contributed by atoms with Gasteiger partial charge in [0.15, 0.2) is 0 Å². The number of esters is 2. The zero-order valence-corrected chi connectivity index (χ0v) is 22.5. The highest BCUT2D eigenvalue weighted by Gasteiger charge is 2.87. The topological polar surface area (TPSA) is 43.4 Å². The lowest BCUT2D eigenvalue weighted by molar-refractivity contribution is -0.156. The Hall–Kier alpha value is -3.02. The van der Waals surface area contributed by atoms with Crippen LogP contribution in [0.4, 0.5) is 0 Å². The Balaban J connectivity index is 1.57. The maximum absolute atomic E-state index is 14.5. The first-order chi connectivity index (χ1) is 18.0. The number of carbonyl (C=O) groups is 2. The van der Waals surface area contributed by atoms with E-state index in [1.807, 2.05) is 0 Å². The molecule has 4 aromatic carbocycles. The second-order valence-corrected chi connectivity index (χ2v) is 12.6. The van der Waals surface area contributed by atoms with E-state index in [0.717, 1.165) is 53.5 Å². The fourth-order valence-electron chi connectivity index (χ4n) is 9.20. The summed E-state index contributed by atoms with van der Waals surface area (Å²) in [7, 11) is 0. The van der Waals surface area contributed by atoms with Gasteiger partial charge in [0.25, 0.3) is 0 Å². The van der Waals surface area contributed by atoms with E-state index in [2.05, 4.69) is 117 Å². The van der Waals surface area contributed by atoms with Gasteiger partial charge in [0.2, 0.25) is 0 Å². The Morgan fingerprint density at radius 2 is 0.784 bits per heavy atom. The SMILES string of the molecule is O=C1OC(=O)[C@]23C4c5ccccc5C(c5ccccc54)[C@]12[C@H]1c2ccccc2[C@@H]3c2c(Br)ccc(Br)c21. The smallest absolute Gasteiger partial charge is 0.322 e. The molecule has 0 unspecified atom stereocenters. The van der Waals surface area contributed by atoms with Crippen molar-refractivity contribution in [3.05, 3.63) is 138 Å². The van der Waals surface area contributed by atoms with Gasteiger partial charge < -0.3 is 4.74 Å².